The first-order valence-corrected chi connectivity index (χ1v) is 6.37. The van der Waals surface area contributed by atoms with Crippen molar-refractivity contribution in [3.05, 3.63) is 29.6 Å². The third-order valence-corrected chi connectivity index (χ3v) is 3.80. The van der Waals surface area contributed by atoms with Crippen molar-refractivity contribution in [2.45, 2.75) is 31.9 Å². The quantitative estimate of drug-likeness (QED) is 0.899. The molecule has 4 heteroatoms. The average molecular weight is 253 g/mol. The molecular weight excluding hydrogens is 233 g/mol. The minimum absolute atomic E-state index is 0.0264. The Labute approximate surface area is 107 Å². The fraction of sp³-hybridized carbons (Fsp3) is 0.571. The number of likely N-dealkylation sites (tertiary alicyclic amines) is 1. The number of piperidine rings is 1. The number of phenolic OH excluding ortho intramolecular Hbond substituents is 1. The van der Waals surface area contributed by atoms with Crippen LogP contribution in [0.5, 0.6) is 5.75 Å². The van der Waals surface area contributed by atoms with Crippen molar-refractivity contribution >= 4 is 0 Å². The molecule has 0 saturated carbocycles. The van der Waals surface area contributed by atoms with Gasteiger partial charge < -0.3 is 9.84 Å². The predicted octanol–water partition coefficient (Wildman–Crippen LogP) is 2.70. The third-order valence-electron chi connectivity index (χ3n) is 3.80. The van der Waals surface area contributed by atoms with Crippen LogP contribution in [-0.4, -0.2) is 36.3 Å². The highest BCUT2D eigenvalue weighted by Gasteiger charge is 2.24. The molecule has 100 valence electrons. The van der Waals surface area contributed by atoms with Gasteiger partial charge in [0.05, 0.1) is 6.10 Å². The van der Waals surface area contributed by atoms with Gasteiger partial charge in [-0.05, 0) is 38.0 Å². The van der Waals surface area contributed by atoms with Crippen LogP contribution in [0.1, 0.15) is 31.4 Å². The molecule has 0 radical (unpaired) electrons. The Bertz CT molecular complexity index is 403. The second-order valence-electron chi connectivity index (χ2n) is 4.85. The molecule has 0 spiro atoms. The van der Waals surface area contributed by atoms with Gasteiger partial charge in [0.1, 0.15) is 11.6 Å². The van der Waals surface area contributed by atoms with E-state index in [-0.39, 0.29) is 17.6 Å². The number of aromatic hydroxyl groups is 1. The number of halogens is 1. The van der Waals surface area contributed by atoms with E-state index in [0.717, 1.165) is 25.9 Å². The molecule has 1 heterocycles. The van der Waals surface area contributed by atoms with Crippen molar-refractivity contribution in [1.29, 1.82) is 0 Å². The van der Waals surface area contributed by atoms with Gasteiger partial charge in [0.15, 0.2) is 0 Å². The molecule has 1 fully saturated rings. The van der Waals surface area contributed by atoms with Crippen LogP contribution < -0.4 is 0 Å². The highest BCUT2D eigenvalue weighted by Crippen LogP contribution is 2.31. The van der Waals surface area contributed by atoms with Crippen LogP contribution in [-0.2, 0) is 4.74 Å². The highest BCUT2D eigenvalue weighted by atomic mass is 19.1. The molecule has 0 bridgehead atoms. The van der Waals surface area contributed by atoms with E-state index in [1.165, 1.54) is 18.2 Å². The van der Waals surface area contributed by atoms with E-state index in [0.29, 0.717) is 11.7 Å². The summed E-state index contributed by atoms with van der Waals surface area (Å²) in [4.78, 5) is 2.25. The standard InChI is InChI=1S/C14H20FNO2/c1-10(13-9-11(15)3-4-14(13)17)16-7-5-12(18-2)6-8-16/h3-4,9-10,12,17H,5-8H2,1-2H3. The van der Waals surface area contributed by atoms with Crippen LogP contribution in [0.25, 0.3) is 0 Å². The monoisotopic (exact) mass is 253 g/mol. The molecule has 0 aromatic heterocycles. The molecule has 1 aliphatic rings. The molecular formula is C14H20FNO2. The van der Waals surface area contributed by atoms with Crippen molar-refractivity contribution < 1.29 is 14.2 Å². The molecule has 2 rings (SSSR count). The molecule has 0 amide bonds. The fourth-order valence-electron chi connectivity index (χ4n) is 2.56. The first-order chi connectivity index (χ1) is 8.61. The van der Waals surface area contributed by atoms with Gasteiger partial charge in [-0.2, -0.15) is 0 Å². The van der Waals surface area contributed by atoms with Crippen LogP contribution in [0.2, 0.25) is 0 Å². The first kappa shape index (κ1) is 13.3. The number of rotatable bonds is 3. The molecule has 1 aromatic rings. The Morgan fingerprint density at radius 3 is 2.67 bits per heavy atom. The number of hydrogen-bond acceptors (Lipinski definition) is 3. The summed E-state index contributed by atoms with van der Waals surface area (Å²) in [5.74, 6) is -0.140. The van der Waals surface area contributed by atoms with Crippen LogP contribution in [0, 0.1) is 5.82 Å². The summed E-state index contributed by atoms with van der Waals surface area (Å²) in [5.41, 5.74) is 0.658. The topological polar surface area (TPSA) is 32.7 Å². The van der Waals surface area contributed by atoms with Crippen molar-refractivity contribution in [1.82, 2.24) is 4.90 Å². The molecule has 1 aromatic carbocycles. The van der Waals surface area contributed by atoms with Crippen LogP contribution in [0.15, 0.2) is 18.2 Å². The molecule has 1 N–H and O–H groups in total. The van der Waals surface area contributed by atoms with Crippen molar-refractivity contribution in [3.63, 3.8) is 0 Å². The normalized spacial score (nSPS) is 19.9. The smallest absolute Gasteiger partial charge is 0.123 e. The lowest BCUT2D eigenvalue weighted by Gasteiger charge is -2.35. The molecule has 1 atom stereocenters. The number of nitrogens with zero attached hydrogens (tertiary/aromatic N) is 1. The lowest BCUT2D eigenvalue weighted by atomic mass is 10.0. The van der Waals surface area contributed by atoms with Gasteiger partial charge >= 0.3 is 0 Å². The Morgan fingerprint density at radius 1 is 1.39 bits per heavy atom. The minimum atomic E-state index is -0.304. The maximum Gasteiger partial charge on any atom is 0.123 e. The van der Waals surface area contributed by atoms with Gasteiger partial charge in [-0.1, -0.05) is 0 Å². The summed E-state index contributed by atoms with van der Waals surface area (Å²) in [6.07, 6.45) is 2.29. The van der Waals surface area contributed by atoms with E-state index in [1.807, 2.05) is 6.92 Å². The minimum Gasteiger partial charge on any atom is -0.508 e. The molecule has 1 unspecified atom stereocenters. The number of methoxy groups -OCH3 is 1. The summed E-state index contributed by atoms with van der Waals surface area (Å²) >= 11 is 0. The summed E-state index contributed by atoms with van der Waals surface area (Å²) in [6.45, 7) is 3.83. The Balaban J connectivity index is 2.07. The van der Waals surface area contributed by atoms with Gasteiger partial charge in [-0.25, -0.2) is 4.39 Å². The number of hydrogen-bond donors (Lipinski definition) is 1. The zero-order chi connectivity index (χ0) is 13.1. The van der Waals surface area contributed by atoms with Gasteiger partial charge in [0, 0.05) is 31.8 Å². The SMILES string of the molecule is COC1CCN(C(C)c2cc(F)ccc2O)CC1. The van der Waals surface area contributed by atoms with Crippen LogP contribution in [0.3, 0.4) is 0 Å². The highest BCUT2D eigenvalue weighted by molar-refractivity contribution is 5.35. The second-order valence-corrected chi connectivity index (χ2v) is 4.85. The predicted molar refractivity (Wildman–Crippen MR) is 68.1 cm³/mol. The van der Waals surface area contributed by atoms with Crippen LogP contribution >= 0.6 is 0 Å². The zero-order valence-electron chi connectivity index (χ0n) is 10.9. The fourth-order valence-corrected chi connectivity index (χ4v) is 2.56. The third kappa shape index (κ3) is 2.82. The van der Waals surface area contributed by atoms with Gasteiger partial charge in [-0.15, -0.1) is 0 Å². The molecule has 0 aliphatic carbocycles. The Hall–Kier alpha value is -1.13. The van der Waals surface area contributed by atoms with Crippen molar-refractivity contribution in [2.24, 2.45) is 0 Å². The van der Waals surface area contributed by atoms with E-state index in [4.69, 9.17) is 4.74 Å². The molecule has 1 aliphatic heterocycles. The van der Waals surface area contributed by atoms with E-state index >= 15 is 0 Å². The van der Waals surface area contributed by atoms with Gasteiger partial charge in [0.25, 0.3) is 0 Å². The number of benzene rings is 1. The van der Waals surface area contributed by atoms with Crippen LogP contribution in [0.4, 0.5) is 4.39 Å². The van der Waals surface area contributed by atoms with E-state index in [2.05, 4.69) is 4.90 Å². The number of phenols is 1. The zero-order valence-corrected chi connectivity index (χ0v) is 10.9. The summed E-state index contributed by atoms with van der Waals surface area (Å²) in [6, 6.07) is 4.15. The maximum atomic E-state index is 13.2. The number of ether oxygens (including phenoxy) is 1. The van der Waals surface area contributed by atoms with E-state index < -0.39 is 0 Å². The first-order valence-electron chi connectivity index (χ1n) is 6.37. The second kappa shape index (κ2) is 5.67. The van der Waals surface area contributed by atoms with Crippen molar-refractivity contribution in [3.8, 4) is 5.75 Å². The largest absolute Gasteiger partial charge is 0.508 e. The van der Waals surface area contributed by atoms with E-state index in [9.17, 15) is 9.50 Å². The summed E-state index contributed by atoms with van der Waals surface area (Å²) < 4.78 is 18.6. The molecule has 1 saturated heterocycles. The van der Waals surface area contributed by atoms with Crippen molar-refractivity contribution in [2.75, 3.05) is 20.2 Å². The summed E-state index contributed by atoms with van der Waals surface area (Å²) in [7, 11) is 1.74. The van der Waals surface area contributed by atoms with E-state index in [1.54, 1.807) is 7.11 Å². The summed E-state index contributed by atoms with van der Waals surface area (Å²) in [5, 5.41) is 9.82. The Kier molecular flexibility index (Phi) is 4.19. The van der Waals surface area contributed by atoms with Gasteiger partial charge in [0.2, 0.25) is 0 Å². The molecule has 3 nitrogen and oxygen atoms in total. The Morgan fingerprint density at radius 2 is 2.06 bits per heavy atom. The average Bonchev–Trinajstić information content (AvgIpc) is 2.41. The van der Waals surface area contributed by atoms with Gasteiger partial charge in [-0.3, -0.25) is 4.90 Å². The lowest BCUT2D eigenvalue weighted by Crippen LogP contribution is -2.38. The molecule has 18 heavy (non-hydrogen) atoms. The maximum absolute atomic E-state index is 13.2. The lowest BCUT2D eigenvalue weighted by molar-refractivity contribution is 0.0291.